The molecule has 1 aromatic carbocycles. The highest BCUT2D eigenvalue weighted by Gasteiger charge is 2.16. The molecule has 7 nitrogen and oxygen atoms in total. The van der Waals surface area contributed by atoms with Gasteiger partial charge in [-0.3, -0.25) is 19.6 Å². The third-order valence-corrected chi connectivity index (χ3v) is 3.38. The monoisotopic (exact) mass is 323 g/mol. The number of rotatable bonds is 5. The van der Waals surface area contributed by atoms with Gasteiger partial charge in [0.25, 0.3) is 5.69 Å². The van der Waals surface area contributed by atoms with Crippen molar-refractivity contribution in [3.8, 4) is 11.3 Å². The molecule has 0 atom stereocenters. The lowest BCUT2D eigenvalue weighted by Gasteiger charge is -1.98. The van der Waals surface area contributed by atoms with Crippen LogP contribution in [0.25, 0.3) is 17.4 Å². The second kappa shape index (κ2) is 6.33. The fraction of sp³-hybridized carbons (Fsp3) is 0.0588. The van der Waals surface area contributed by atoms with Crippen molar-refractivity contribution >= 4 is 17.5 Å². The van der Waals surface area contributed by atoms with Gasteiger partial charge in [-0.1, -0.05) is 12.1 Å². The molecular weight excluding hydrogens is 310 g/mol. The zero-order valence-electron chi connectivity index (χ0n) is 12.7. The average Bonchev–Trinajstić information content (AvgIpc) is 3.21. The third kappa shape index (κ3) is 3.14. The molecule has 0 N–H and O–H groups in total. The maximum absolute atomic E-state index is 12.0. The summed E-state index contributed by atoms with van der Waals surface area (Å²) in [4.78, 5) is 22.6. The van der Waals surface area contributed by atoms with E-state index >= 15 is 0 Å². The van der Waals surface area contributed by atoms with Gasteiger partial charge in [0.15, 0.2) is 5.78 Å². The van der Waals surface area contributed by atoms with E-state index in [0.717, 1.165) is 0 Å². The predicted octanol–water partition coefficient (Wildman–Crippen LogP) is 3.48. The van der Waals surface area contributed by atoms with Crippen LogP contribution in [0.3, 0.4) is 0 Å². The first-order chi connectivity index (χ1) is 11.5. The summed E-state index contributed by atoms with van der Waals surface area (Å²) in [5, 5.41) is 15.0. The van der Waals surface area contributed by atoms with E-state index in [0.29, 0.717) is 22.6 Å². The summed E-state index contributed by atoms with van der Waals surface area (Å²) in [5.74, 6) is 0.600. The Bertz CT molecular complexity index is 937. The van der Waals surface area contributed by atoms with E-state index in [-0.39, 0.29) is 11.5 Å². The van der Waals surface area contributed by atoms with Crippen molar-refractivity contribution in [2.75, 3.05) is 0 Å². The van der Waals surface area contributed by atoms with Gasteiger partial charge in [-0.25, -0.2) is 0 Å². The van der Waals surface area contributed by atoms with Gasteiger partial charge in [-0.2, -0.15) is 5.10 Å². The van der Waals surface area contributed by atoms with Gasteiger partial charge in [-0.15, -0.1) is 0 Å². The molecule has 2 heterocycles. The minimum atomic E-state index is -0.459. The molecule has 0 aliphatic heterocycles. The van der Waals surface area contributed by atoms with Gasteiger partial charge in [0.1, 0.15) is 11.5 Å². The molecule has 0 aliphatic rings. The number of ketones is 1. The number of carbonyl (C=O) groups is 1. The average molecular weight is 323 g/mol. The Balaban J connectivity index is 1.83. The van der Waals surface area contributed by atoms with Crippen LogP contribution < -0.4 is 0 Å². The summed E-state index contributed by atoms with van der Waals surface area (Å²) >= 11 is 0. The first-order valence-corrected chi connectivity index (χ1v) is 7.09. The largest absolute Gasteiger partial charge is 0.456 e. The Morgan fingerprint density at radius 1 is 1.29 bits per heavy atom. The van der Waals surface area contributed by atoms with Crippen LogP contribution in [-0.4, -0.2) is 20.5 Å². The normalized spacial score (nSPS) is 11.0. The van der Waals surface area contributed by atoms with Gasteiger partial charge >= 0.3 is 0 Å². The minimum absolute atomic E-state index is 0.0335. The second-order valence-electron chi connectivity index (χ2n) is 5.08. The number of benzene rings is 1. The fourth-order valence-corrected chi connectivity index (χ4v) is 2.23. The maximum Gasteiger partial charge on any atom is 0.280 e. The minimum Gasteiger partial charge on any atom is -0.456 e. The van der Waals surface area contributed by atoms with E-state index in [1.807, 2.05) is 0 Å². The van der Waals surface area contributed by atoms with Crippen LogP contribution in [-0.2, 0) is 7.05 Å². The van der Waals surface area contributed by atoms with Crippen LogP contribution in [0.2, 0.25) is 0 Å². The van der Waals surface area contributed by atoms with E-state index < -0.39 is 4.92 Å². The van der Waals surface area contributed by atoms with E-state index in [4.69, 9.17) is 4.42 Å². The molecule has 3 rings (SSSR count). The lowest BCUT2D eigenvalue weighted by atomic mass is 10.1. The zero-order valence-corrected chi connectivity index (χ0v) is 12.7. The standard InChI is InChI=1S/C17H13N3O4/c1-19-11-12(10-18-19)16(21)8-6-13-7-9-17(24-13)14-4-2-3-5-15(14)20(22)23/h2-11H,1H3/b8-6+. The van der Waals surface area contributed by atoms with Crippen molar-refractivity contribution < 1.29 is 14.1 Å². The van der Waals surface area contributed by atoms with E-state index in [2.05, 4.69) is 5.10 Å². The van der Waals surface area contributed by atoms with Gasteiger partial charge in [-0.05, 0) is 30.4 Å². The molecule has 0 unspecified atom stereocenters. The van der Waals surface area contributed by atoms with Gasteiger partial charge < -0.3 is 4.42 Å². The number of hydrogen-bond acceptors (Lipinski definition) is 5. The van der Waals surface area contributed by atoms with Crippen LogP contribution in [0.4, 0.5) is 5.69 Å². The number of hydrogen-bond donors (Lipinski definition) is 0. The summed E-state index contributed by atoms with van der Waals surface area (Å²) in [5.41, 5.74) is 0.828. The van der Waals surface area contributed by atoms with Crippen molar-refractivity contribution in [2.24, 2.45) is 7.05 Å². The number of nitrogens with zero attached hydrogens (tertiary/aromatic N) is 3. The van der Waals surface area contributed by atoms with E-state index in [1.165, 1.54) is 24.4 Å². The third-order valence-electron chi connectivity index (χ3n) is 3.38. The number of aryl methyl sites for hydroxylation is 1. The number of nitro benzene ring substituents is 1. The Hall–Kier alpha value is -3.48. The molecule has 0 spiro atoms. The number of para-hydroxylation sites is 1. The van der Waals surface area contributed by atoms with Gasteiger partial charge in [0.2, 0.25) is 0 Å². The molecule has 0 fully saturated rings. The lowest BCUT2D eigenvalue weighted by molar-refractivity contribution is -0.384. The zero-order chi connectivity index (χ0) is 17.1. The lowest BCUT2D eigenvalue weighted by Crippen LogP contribution is -1.91. The smallest absolute Gasteiger partial charge is 0.280 e. The van der Waals surface area contributed by atoms with Crippen molar-refractivity contribution in [1.29, 1.82) is 0 Å². The molecule has 7 heteroatoms. The maximum atomic E-state index is 12.0. The van der Waals surface area contributed by atoms with Crippen molar-refractivity contribution in [2.45, 2.75) is 0 Å². The SMILES string of the molecule is Cn1cc(C(=O)/C=C/c2ccc(-c3ccccc3[N+](=O)[O-])o2)cn1. The molecule has 0 bridgehead atoms. The molecule has 120 valence electrons. The van der Waals surface area contributed by atoms with Crippen molar-refractivity contribution in [1.82, 2.24) is 9.78 Å². The Morgan fingerprint density at radius 3 is 2.79 bits per heavy atom. The molecule has 0 radical (unpaired) electrons. The Morgan fingerprint density at radius 2 is 2.08 bits per heavy atom. The summed E-state index contributed by atoms with van der Waals surface area (Å²) in [6, 6.07) is 9.62. The highest BCUT2D eigenvalue weighted by atomic mass is 16.6. The van der Waals surface area contributed by atoms with Gasteiger partial charge in [0.05, 0.1) is 22.2 Å². The van der Waals surface area contributed by atoms with E-state index in [9.17, 15) is 14.9 Å². The molecule has 0 amide bonds. The van der Waals surface area contributed by atoms with E-state index in [1.54, 1.807) is 48.3 Å². The summed E-state index contributed by atoms with van der Waals surface area (Å²) in [6.07, 6.45) is 5.99. The Labute approximate surface area is 137 Å². The number of furan rings is 1. The summed E-state index contributed by atoms with van der Waals surface area (Å²) in [6.45, 7) is 0. The highest BCUT2D eigenvalue weighted by molar-refractivity contribution is 6.06. The van der Waals surface area contributed by atoms with Crippen LogP contribution >= 0.6 is 0 Å². The quantitative estimate of drug-likeness (QED) is 0.310. The number of nitro groups is 1. The van der Waals surface area contributed by atoms with Crippen LogP contribution in [0.5, 0.6) is 0 Å². The second-order valence-corrected chi connectivity index (χ2v) is 5.08. The van der Waals surface area contributed by atoms with Gasteiger partial charge in [0, 0.05) is 19.3 Å². The number of carbonyl (C=O) groups excluding carboxylic acids is 1. The van der Waals surface area contributed by atoms with Crippen molar-refractivity contribution in [3.63, 3.8) is 0 Å². The first-order valence-electron chi connectivity index (χ1n) is 7.09. The van der Waals surface area contributed by atoms with Crippen molar-refractivity contribution in [3.05, 3.63) is 76.3 Å². The molecule has 0 aliphatic carbocycles. The van der Waals surface area contributed by atoms with Crippen LogP contribution in [0, 0.1) is 10.1 Å². The number of aromatic nitrogens is 2. The molecule has 2 aromatic heterocycles. The highest BCUT2D eigenvalue weighted by Crippen LogP contribution is 2.31. The first kappa shape index (κ1) is 15.4. The molecular formula is C17H13N3O4. The molecule has 3 aromatic rings. The summed E-state index contributed by atoms with van der Waals surface area (Å²) < 4.78 is 7.13. The molecule has 0 saturated carbocycles. The topological polar surface area (TPSA) is 91.2 Å². The Kier molecular flexibility index (Phi) is 4.07. The molecule has 0 saturated heterocycles. The van der Waals surface area contributed by atoms with Crippen LogP contribution in [0.15, 0.2) is 59.3 Å². The fourth-order valence-electron chi connectivity index (χ4n) is 2.23. The predicted molar refractivity (Wildman–Crippen MR) is 87.4 cm³/mol. The number of allylic oxidation sites excluding steroid dienone is 1. The molecule has 24 heavy (non-hydrogen) atoms. The van der Waals surface area contributed by atoms with Crippen LogP contribution in [0.1, 0.15) is 16.1 Å². The summed E-state index contributed by atoms with van der Waals surface area (Å²) in [7, 11) is 1.73.